The Morgan fingerprint density at radius 3 is 2.19 bits per heavy atom. The van der Waals surface area contributed by atoms with E-state index in [4.69, 9.17) is 0 Å². The van der Waals surface area contributed by atoms with E-state index in [9.17, 15) is 0 Å². The standard InChI is InChI=1S/C20H21P/c21-20-13-14-7-1-2-8-15(14)16-9-3-4-10-17(16)18-11-5-6-12-19(18)20/h1-2,5-8,11-12,20H,3-4,9-10,13,21H2. The van der Waals surface area contributed by atoms with Crippen molar-refractivity contribution in [2.45, 2.75) is 37.8 Å². The maximum Gasteiger partial charge on any atom is 0.00319 e. The summed E-state index contributed by atoms with van der Waals surface area (Å²) in [5, 5.41) is 0. The molecule has 4 rings (SSSR count). The van der Waals surface area contributed by atoms with Crippen molar-refractivity contribution < 1.29 is 0 Å². The van der Waals surface area contributed by atoms with E-state index in [0.717, 1.165) is 6.42 Å². The average Bonchev–Trinajstić information content (AvgIpc) is 2.54. The van der Waals surface area contributed by atoms with Crippen molar-refractivity contribution in [2.75, 3.05) is 0 Å². The van der Waals surface area contributed by atoms with Crippen molar-refractivity contribution in [1.29, 1.82) is 0 Å². The first kappa shape index (κ1) is 13.3. The van der Waals surface area contributed by atoms with Crippen molar-refractivity contribution >= 4 is 20.4 Å². The quantitative estimate of drug-likeness (QED) is 0.551. The van der Waals surface area contributed by atoms with E-state index in [2.05, 4.69) is 57.8 Å². The fourth-order valence-electron chi connectivity index (χ4n) is 3.93. The fourth-order valence-corrected chi connectivity index (χ4v) is 4.48. The maximum atomic E-state index is 3.07. The van der Waals surface area contributed by atoms with Crippen LogP contribution in [0.1, 0.15) is 53.6 Å². The lowest BCUT2D eigenvalue weighted by Crippen LogP contribution is -2.10. The zero-order valence-corrected chi connectivity index (χ0v) is 13.5. The Balaban J connectivity index is 2.03. The van der Waals surface area contributed by atoms with Gasteiger partial charge >= 0.3 is 0 Å². The number of benzene rings is 2. The van der Waals surface area contributed by atoms with Crippen LogP contribution in [-0.4, -0.2) is 0 Å². The first-order valence-corrected chi connectivity index (χ1v) is 8.66. The summed E-state index contributed by atoms with van der Waals surface area (Å²) >= 11 is 0. The molecule has 0 radical (unpaired) electrons. The molecule has 0 bridgehead atoms. The molecule has 0 heterocycles. The van der Waals surface area contributed by atoms with Gasteiger partial charge in [-0.2, -0.15) is 0 Å². The Labute approximate surface area is 129 Å². The molecule has 0 aliphatic heterocycles. The van der Waals surface area contributed by atoms with Crippen LogP contribution in [-0.2, 0) is 6.42 Å². The van der Waals surface area contributed by atoms with Crippen LogP contribution < -0.4 is 0 Å². The smallest absolute Gasteiger partial charge is 0.00319 e. The lowest BCUT2D eigenvalue weighted by Gasteiger charge is -2.29. The number of allylic oxidation sites excluding steroid dienone is 2. The number of fused-ring (bicyclic) bond motifs is 4. The van der Waals surface area contributed by atoms with Crippen molar-refractivity contribution in [3.8, 4) is 0 Å². The van der Waals surface area contributed by atoms with Crippen LogP contribution in [0.4, 0.5) is 0 Å². The molecule has 1 heteroatoms. The van der Waals surface area contributed by atoms with Gasteiger partial charge in [0.25, 0.3) is 0 Å². The first-order valence-electron chi connectivity index (χ1n) is 8.00. The van der Waals surface area contributed by atoms with Crippen LogP contribution >= 0.6 is 9.24 Å². The van der Waals surface area contributed by atoms with E-state index in [1.54, 1.807) is 11.1 Å². The molecule has 2 aromatic rings. The topological polar surface area (TPSA) is 0 Å². The monoisotopic (exact) mass is 292 g/mol. The molecule has 0 saturated carbocycles. The van der Waals surface area contributed by atoms with Crippen LogP contribution in [0.15, 0.2) is 48.5 Å². The zero-order chi connectivity index (χ0) is 14.2. The molecule has 2 aliphatic carbocycles. The second-order valence-electron chi connectivity index (χ2n) is 6.22. The van der Waals surface area contributed by atoms with E-state index in [-0.39, 0.29) is 0 Å². The summed E-state index contributed by atoms with van der Waals surface area (Å²) in [4.78, 5) is 0. The predicted molar refractivity (Wildman–Crippen MR) is 94.3 cm³/mol. The summed E-state index contributed by atoms with van der Waals surface area (Å²) in [6.07, 6.45) is 6.26. The normalized spacial score (nSPS) is 20.9. The van der Waals surface area contributed by atoms with Gasteiger partial charge in [-0.25, -0.2) is 0 Å². The summed E-state index contributed by atoms with van der Waals surface area (Å²) < 4.78 is 0. The third-order valence-corrected chi connectivity index (χ3v) is 5.53. The number of hydrogen-bond donors (Lipinski definition) is 0. The van der Waals surface area contributed by atoms with Gasteiger partial charge in [0.15, 0.2) is 0 Å². The minimum atomic E-state index is 0.512. The lowest BCUT2D eigenvalue weighted by molar-refractivity contribution is 0.748. The fraction of sp³-hybridized carbons (Fsp3) is 0.300. The summed E-state index contributed by atoms with van der Waals surface area (Å²) in [6, 6.07) is 18.1. The molecule has 2 aromatic carbocycles. The summed E-state index contributed by atoms with van der Waals surface area (Å²) in [6.45, 7) is 0. The summed E-state index contributed by atoms with van der Waals surface area (Å²) in [5.41, 5.74) is 9.76. The van der Waals surface area contributed by atoms with Crippen molar-refractivity contribution in [2.24, 2.45) is 0 Å². The van der Waals surface area contributed by atoms with Gasteiger partial charge in [-0.1, -0.05) is 48.5 Å². The largest absolute Gasteiger partial charge is 0.129 e. The summed E-state index contributed by atoms with van der Waals surface area (Å²) in [7, 11) is 3.07. The molecule has 0 amide bonds. The minimum Gasteiger partial charge on any atom is -0.129 e. The number of hydrogen-bond acceptors (Lipinski definition) is 0. The van der Waals surface area contributed by atoms with Gasteiger partial charge in [0.1, 0.15) is 0 Å². The maximum absolute atomic E-state index is 3.07. The average molecular weight is 292 g/mol. The highest BCUT2D eigenvalue weighted by molar-refractivity contribution is 7.17. The Hall–Kier alpha value is -1.39. The zero-order valence-electron chi connectivity index (χ0n) is 12.3. The molecule has 0 saturated heterocycles. The van der Waals surface area contributed by atoms with E-state index in [1.165, 1.54) is 47.9 Å². The third kappa shape index (κ3) is 2.27. The molecule has 2 unspecified atom stereocenters. The molecular formula is C20H21P. The van der Waals surface area contributed by atoms with Gasteiger partial charge in [0, 0.05) is 5.66 Å². The summed E-state index contributed by atoms with van der Waals surface area (Å²) in [5.74, 6) is 0. The van der Waals surface area contributed by atoms with Gasteiger partial charge < -0.3 is 0 Å². The third-order valence-electron chi connectivity index (χ3n) is 4.94. The molecule has 2 aliphatic rings. The van der Waals surface area contributed by atoms with E-state index >= 15 is 0 Å². The highest BCUT2D eigenvalue weighted by atomic mass is 31.0. The highest BCUT2D eigenvalue weighted by Crippen LogP contribution is 2.45. The van der Waals surface area contributed by atoms with Crippen molar-refractivity contribution in [3.63, 3.8) is 0 Å². The van der Waals surface area contributed by atoms with Gasteiger partial charge in [0.05, 0.1) is 0 Å². The van der Waals surface area contributed by atoms with Gasteiger partial charge in [-0.3, -0.25) is 0 Å². The van der Waals surface area contributed by atoms with E-state index in [0.29, 0.717) is 5.66 Å². The molecule has 2 atom stereocenters. The SMILES string of the molecule is PC1Cc2ccccc2C2=C(CCCC2)c2ccccc21. The van der Waals surface area contributed by atoms with E-state index in [1.807, 2.05) is 0 Å². The molecule has 0 spiro atoms. The van der Waals surface area contributed by atoms with Crippen LogP contribution in [0.5, 0.6) is 0 Å². The van der Waals surface area contributed by atoms with E-state index < -0.39 is 0 Å². The van der Waals surface area contributed by atoms with Gasteiger partial charge in [-0.15, -0.1) is 9.24 Å². The Morgan fingerprint density at radius 1 is 0.762 bits per heavy atom. The molecule has 21 heavy (non-hydrogen) atoms. The first-order chi connectivity index (χ1) is 10.3. The minimum absolute atomic E-state index is 0.512. The van der Waals surface area contributed by atoms with Crippen LogP contribution in [0.25, 0.3) is 11.1 Å². The molecule has 0 fully saturated rings. The van der Waals surface area contributed by atoms with Gasteiger partial charge in [0.2, 0.25) is 0 Å². The second kappa shape index (κ2) is 5.43. The van der Waals surface area contributed by atoms with Crippen LogP contribution in [0.3, 0.4) is 0 Å². The Bertz CT molecular complexity index is 711. The van der Waals surface area contributed by atoms with Crippen LogP contribution in [0, 0.1) is 0 Å². The Morgan fingerprint density at radius 2 is 1.38 bits per heavy atom. The number of rotatable bonds is 0. The molecule has 106 valence electrons. The highest BCUT2D eigenvalue weighted by Gasteiger charge is 2.24. The van der Waals surface area contributed by atoms with Crippen molar-refractivity contribution in [1.82, 2.24) is 0 Å². The molecule has 0 N–H and O–H groups in total. The lowest BCUT2D eigenvalue weighted by atomic mass is 9.78. The van der Waals surface area contributed by atoms with Crippen molar-refractivity contribution in [3.05, 3.63) is 70.8 Å². The second-order valence-corrected chi connectivity index (χ2v) is 7.02. The Kier molecular flexibility index (Phi) is 3.43. The molecule has 0 aromatic heterocycles. The van der Waals surface area contributed by atoms with Gasteiger partial charge in [-0.05, 0) is 65.5 Å². The van der Waals surface area contributed by atoms with Crippen LogP contribution in [0.2, 0.25) is 0 Å². The predicted octanol–water partition coefficient (Wildman–Crippen LogP) is 5.64. The molecule has 0 nitrogen and oxygen atoms in total. The molecular weight excluding hydrogens is 271 g/mol.